The van der Waals surface area contributed by atoms with Crippen LogP contribution in [0.5, 0.6) is 0 Å². The molecule has 0 aliphatic rings. The molecule has 0 amide bonds. The number of benzene rings is 1. The van der Waals surface area contributed by atoms with Gasteiger partial charge in [-0.25, -0.2) is 8.78 Å². The highest BCUT2D eigenvalue weighted by Gasteiger charge is 2.13. The third kappa shape index (κ3) is 3.77. The van der Waals surface area contributed by atoms with Crippen LogP contribution >= 0.6 is 0 Å². The summed E-state index contributed by atoms with van der Waals surface area (Å²) >= 11 is 0. The van der Waals surface area contributed by atoms with Gasteiger partial charge in [0.15, 0.2) is 5.82 Å². The van der Waals surface area contributed by atoms with E-state index in [1.807, 2.05) is 27.7 Å². The normalized spacial score (nSPS) is 12.1. The van der Waals surface area contributed by atoms with Crippen molar-refractivity contribution in [3.63, 3.8) is 0 Å². The molecule has 0 fully saturated rings. The van der Waals surface area contributed by atoms with Gasteiger partial charge >= 0.3 is 0 Å². The number of hydrogen-bond donors (Lipinski definition) is 1. The van der Waals surface area contributed by atoms with Gasteiger partial charge in [-0.15, -0.1) is 0 Å². The summed E-state index contributed by atoms with van der Waals surface area (Å²) in [6.07, 6.45) is 1.53. The number of fused-ring (bicyclic) bond motifs is 1. The lowest BCUT2D eigenvalue weighted by Gasteiger charge is -2.12. The Morgan fingerprint density at radius 3 is 2.53 bits per heavy atom. The van der Waals surface area contributed by atoms with Crippen LogP contribution in [0.25, 0.3) is 11.0 Å². The van der Waals surface area contributed by atoms with Gasteiger partial charge in [0.2, 0.25) is 0 Å². The van der Waals surface area contributed by atoms with Crippen molar-refractivity contribution in [2.45, 2.75) is 40.2 Å². The molecule has 0 radical (unpaired) electrons. The summed E-state index contributed by atoms with van der Waals surface area (Å²) < 4.78 is 31.9. The van der Waals surface area contributed by atoms with Crippen LogP contribution in [0.3, 0.4) is 0 Å². The highest BCUT2D eigenvalue weighted by Crippen LogP contribution is 2.24. The van der Waals surface area contributed by atoms with E-state index in [0.29, 0.717) is 17.4 Å². The van der Waals surface area contributed by atoms with Gasteiger partial charge in [-0.1, -0.05) is 20.8 Å². The maximum atomic E-state index is 13.7. The maximum Gasteiger partial charge on any atom is 0.169 e. The molecule has 0 aliphatic carbocycles. The monoisotopic (exact) mass is 269 g/mol. The Bertz CT molecular complexity index is 522. The Morgan fingerprint density at radius 2 is 1.89 bits per heavy atom. The number of likely N-dealkylation sites (N-methyl/N-ethyl adjacent to an activating group) is 1. The number of furan rings is 1. The minimum absolute atomic E-state index is 0.155. The molecular formula is C15H21F2NO. The topological polar surface area (TPSA) is 25.2 Å². The van der Waals surface area contributed by atoms with E-state index in [9.17, 15) is 8.78 Å². The van der Waals surface area contributed by atoms with Gasteiger partial charge in [-0.2, -0.15) is 0 Å². The van der Waals surface area contributed by atoms with Gasteiger partial charge in [0.25, 0.3) is 0 Å². The number of nitrogens with one attached hydrogen (secondary N) is 1. The molecule has 4 heteroatoms. The Hall–Kier alpha value is -1.42. The van der Waals surface area contributed by atoms with Crippen LogP contribution in [0.1, 0.15) is 33.3 Å². The van der Waals surface area contributed by atoms with Gasteiger partial charge in [-0.05, 0) is 31.5 Å². The fraction of sp³-hybridized carbons (Fsp3) is 0.467. The van der Waals surface area contributed by atoms with Crippen LogP contribution in [-0.2, 0) is 6.42 Å². The molecule has 2 nitrogen and oxygen atoms in total. The zero-order chi connectivity index (χ0) is 14.4. The molecule has 1 unspecified atom stereocenters. The fourth-order valence-corrected chi connectivity index (χ4v) is 1.97. The molecule has 1 aromatic heterocycles. The Balaban J connectivity index is 0.000000861. The molecule has 19 heavy (non-hydrogen) atoms. The summed E-state index contributed by atoms with van der Waals surface area (Å²) in [5.74, 6) is -0.797. The Labute approximate surface area is 112 Å². The van der Waals surface area contributed by atoms with Crippen LogP contribution in [0, 0.1) is 11.6 Å². The lowest BCUT2D eigenvalue weighted by molar-refractivity contribution is 0.537. The van der Waals surface area contributed by atoms with Crippen molar-refractivity contribution in [1.82, 2.24) is 5.32 Å². The summed E-state index contributed by atoms with van der Waals surface area (Å²) in [6.45, 7) is 8.79. The minimum Gasteiger partial charge on any atom is -0.461 e. The average molecular weight is 269 g/mol. The molecule has 1 aromatic carbocycles. The van der Waals surface area contributed by atoms with Gasteiger partial charge < -0.3 is 9.73 Å². The van der Waals surface area contributed by atoms with Gasteiger partial charge in [0.1, 0.15) is 17.7 Å². The molecule has 1 heterocycles. The number of hydrogen-bond acceptors (Lipinski definition) is 2. The van der Waals surface area contributed by atoms with Gasteiger partial charge in [-0.3, -0.25) is 0 Å². The van der Waals surface area contributed by atoms with E-state index in [1.165, 1.54) is 12.1 Å². The first-order valence-electron chi connectivity index (χ1n) is 6.70. The van der Waals surface area contributed by atoms with Crippen molar-refractivity contribution < 1.29 is 13.2 Å². The summed E-state index contributed by atoms with van der Waals surface area (Å²) in [5, 5.41) is 3.53. The van der Waals surface area contributed by atoms with E-state index in [0.717, 1.165) is 12.8 Å². The molecule has 2 rings (SSSR count). The smallest absolute Gasteiger partial charge is 0.169 e. The molecule has 0 spiro atoms. The predicted octanol–water partition coefficient (Wildman–Crippen LogP) is 4.28. The summed E-state index contributed by atoms with van der Waals surface area (Å²) in [7, 11) is 0. The van der Waals surface area contributed by atoms with E-state index in [-0.39, 0.29) is 17.4 Å². The zero-order valence-corrected chi connectivity index (χ0v) is 11.9. The molecular weight excluding hydrogens is 248 g/mol. The van der Waals surface area contributed by atoms with E-state index >= 15 is 0 Å². The van der Waals surface area contributed by atoms with E-state index in [4.69, 9.17) is 4.42 Å². The minimum atomic E-state index is -0.447. The van der Waals surface area contributed by atoms with Gasteiger partial charge in [0.05, 0.1) is 5.39 Å². The lowest BCUT2D eigenvalue weighted by Crippen LogP contribution is -2.27. The predicted molar refractivity (Wildman–Crippen MR) is 74.3 cm³/mol. The molecule has 0 aliphatic heterocycles. The third-order valence-electron chi connectivity index (χ3n) is 2.77. The Kier molecular flexibility index (Phi) is 5.96. The third-order valence-corrected chi connectivity index (χ3v) is 2.77. The molecule has 106 valence electrons. The largest absolute Gasteiger partial charge is 0.461 e. The molecule has 0 bridgehead atoms. The first kappa shape index (κ1) is 15.6. The first-order valence-corrected chi connectivity index (χ1v) is 6.70. The summed E-state index contributed by atoms with van der Waals surface area (Å²) in [6, 6.07) is 2.92. The van der Waals surface area contributed by atoms with Crippen LogP contribution in [-0.4, -0.2) is 12.6 Å². The van der Waals surface area contributed by atoms with Crippen LogP contribution < -0.4 is 5.32 Å². The zero-order valence-electron chi connectivity index (χ0n) is 11.9. The summed E-state index contributed by atoms with van der Waals surface area (Å²) in [4.78, 5) is 0. The van der Waals surface area contributed by atoms with E-state index in [1.54, 1.807) is 0 Å². The second-order valence-corrected chi connectivity index (χ2v) is 4.19. The van der Waals surface area contributed by atoms with E-state index in [2.05, 4.69) is 5.32 Å². The Morgan fingerprint density at radius 1 is 1.21 bits per heavy atom. The molecule has 0 saturated carbocycles. The van der Waals surface area contributed by atoms with Crippen molar-refractivity contribution in [3.8, 4) is 0 Å². The first-order chi connectivity index (χ1) is 9.11. The van der Waals surface area contributed by atoms with Crippen molar-refractivity contribution in [2.24, 2.45) is 0 Å². The fourth-order valence-electron chi connectivity index (χ4n) is 1.97. The van der Waals surface area contributed by atoms with Crippen LogP contribution in [0.15, 0.2) is 22.8 Å². The maximum absolute atomic E-state index is 13.7. The standard InChI is InChI=1S/C13H15F2NO.C2H6/c1-3-16-8(2)4-9-5-10-12(15)7-17-13(10)6-11(9)14;1-2/h5-8,16H,3-4H2,1-2H3;1-2H3. The highest BCUT2D eigenvalue weighted by atomic mass is 19.1. The second kappa shape index (κ2) is 7.24. The van der Waals surface area contributed by atoms with E-state index < -0.39 is 5.82 Å². The van der Waals surface area contributed by atoms with Crippen LogP contribution in [0.4, 0.5) is 8.78 Å². The number of rotatable bonds is 4. The van der Waals surface area contributed by atoms with Crippen molar-refractivity contribution in [3.05, 3.63) is 35.6 Å². The van der Waals surface area contributed by atoms with Crippen molar-refractivity contribution in [2.75, 3.05) is 6.54 Å². The highest BCUT2D eigenvalue weighted by molar-refractivity contribution is 5.78. The lowest BCUT2D eigenvalue weighted by atomic mass is 10.0. The average Bonchev–Trinajstić information content (AvgIpc) is 2.74. The van der Waals surface area contributed by atoms with Crippen molar-refractivity contribution in [1.29, 1.82) is 0 Å². The molecule has 1 N–H and O–H groups in total. The van der Waals surface area contributed by atoms with Crippen molar-refractivity contribution >= 4 is 11.0 Å². The molecule has 2 aromatic rings. The van der Waals surface area contributed by atoms with Crippen LogP contribution in [0.2, 0.25) is 0 Å². The SMILES string of the molecule is CC.CCNC(C)Cc1cc2c(F)coc2cc1F. The second-order valence-electron chi connectivity index (χ2n) is 4.19. The van der Waals surface area contributed by atoms with Gasteiger partial charge in [0, 0.05) is 12.1 Å². The molecule has 0 saturated heterocycles. The quantitative estimate of drug-likeness (QED) is 0.896. The summed E-state index contributed by atoms with van der Waals surface area (Å²) in [5.41, 5.74) is 0.756. The molecule has 1 atom stereocenters. The number of halogens is 2.